The Morgan fingerprint density at radius 2 is 1.85 bits per heavy atom. The molecular formula is C19H14ClF6N3O4. The third kappa shape index (κ3) is 5.53. The maximum absolute atomic E-state index is 13.3. The predicted molar refractivity (Wildman–Crippen MR) is 103 cm³/mol. The van der Waals surface area contributed by atoms with E-state index in [1.807, 2.05) is 0 Å². The Morgan fingerprint density at radius 3 is 2.45 bits per heavy atom. The summed E-state index contributed by atoms with van der Waals surface area (Å²) in [6.45, 7) is -3.57. The minimum Gasteiger partial charge on any atom is -0.493 e. The van der Waals surface area contributed by atoms with Gasteiger partial charge in [-0.3, -0.25) is 9.48 Å². The topological polar surface area (TPSA) is 78.5 Å². The van der Waals surface area contributed by atoms with Gasteiger partial charge in [0.25, 0.3) is 18.8 Å². The molecule has 0 aliphatic heterocycles. The molecule has 0 aliphatic rings. The largest absolute Gasteiger partial charge is 0.493 e. The van der Waals surface area contributed by atoms with Crippen LogP contribution in [0.15, 0.2) is 34.7 Å². The number of anilines is 1. The van der Waals surface area contributed by atoms with Crippen LogP contribution in [0.3, 0.4) is 0 Å². The monoisotopic (exact) mass is 497 g/mol. The van der Waals surface area contributed by atoms with Crippen molar-refractivity contribution in [2.75, 3.05) is 12.4 Å². The van der Waals surface area contributed by atoms with Gasteiger partial charge in [0.05, 0.1) is 18.7 Å². The lowest BCUT2D eigenvalue weighted by molar-refractivity contribution is -0.0512. The molecule has 2 aromatic heterocycles. The number of rotatable bonds is 9. The van der Waals surface area contributed by atoms with E-state index in [-0.39, 0.29) is 28.7 Å². The molecule has 0 saturated heterocycles. The van der Waals surface area contributed by atoms with Crippen LogP contribution in [-0.4, -0.2) is 29.4 Å². The van der Waals surface area contributed by atoms with Crippen LogP contribution in [0.5, 0.6) is 11.5 Å². The number of halogens is 7. The van der Waals surface area contributed by atoms with Crippen molar-refractivity contribution in [1.29, 1.82) is 0 Å². The zero-order valence-electron chi connectivity index (χ0n) is 16.5. The molecule has 33 heavy (non-hydrogen) atoms. The highest BCUT2D eigenvalue weighted by Crippen LogP contribution is 2.35. The van der Waals surface area contributed by atoms with E-state index >= 15 is 0 Å². The number of benzene rings is 1. The summed E-state index contributed by atoms with van der Waals surface area (Å²) in [6, 6.07) is 6.14. The Balaban J connectivity index is 1.76. The molecule has 178 valence electrons. The van der Waals surface area contributed by atoms with Crippen LogP contribution in [0.4, 0.5) is 32.0 Å². The summed E-state index contributed by atoms with van der Waals surface area (Å²) in [4.78, 5) is 12.4. The highest BCUT2D eigenvalue weighted by molar-refractivity contribution is 6.32. The Morgan fingerprint density at radius 1 is 1.12 bits per heavy atom. The summed E-state index contributed by atoms with van der Waals surface area (Å²) in [5.74, 6) is -1.38. The number of ether oxygens (including phenoxy) is 2. The number of nitrogens with one attached hydrogen (secondary N) is 1. The minimum atomic E-state index is -3.18. The van der Waals surface area contributed by atoms with E-state index in [0.29, 0.717) is 4.68 Å². The van der Waals surface area contributed by atoms with Crippen LogP contribution < -0.4 is 14.8 Å². The van der Waals surface area contributed by atoms with Crippen molar-refractivity contribution >= 4 is 23.2 Å². The van der Waals surface area contributed by atoms with E-state index < -0.39 is 48.3 Å². The van der Waals surface area contributed by atoms with Gasteiger partial charge >= 0.3 is 6.61 Å². The highest BCUT2D eigenvalue weighted by Gasteiger charge is 2.28. The number of furan rings is 1. The number of aromatic nitrogens is 2. The number of carbonyl (C=O) groups excluding carboxylic acids is 1. The van der Waals surface area contributed by atoms with E-state index in [2.05, 4.69) is 15.2 Å². The van der Waals surface area contributed by atoms with Crippen LogP contribution in [0.25, 0.3) is 0 Å². The Kier molecular flexibility index (Phi) is 7.41. The van der Waals surface area contributed by atoms with Crippen molar-refractivity contribution in [3.63, 3.8) is 0 Å². The van der Waals surface area contributed by atoms with Crippen molar-refractivity contribution in [1.82, 2.24) is 9.78 Å². The first-order chi connectivity index (χ1) is 15.6. The van der Waals surface area contributed by atoms with Crippen molar-refractivity contribution in [2.45, 2.75) is 26.0 Å². The number of alkyl halides is 6. The molecule has 0 aliphatic carbocycles. The Hall–Kier alpha value is -3.35. The lowest BCUT2D eigenvalue weighted by Gasteiger charge is -2.11. The van der Waals surface area contributed by atoms with Crippen molar-refractivity contribution < 1.29 is 45.0 Å². The average molecular weight is 498 g/mol. The van der Waals surface area contributed by atoms with Gasteiger partial charge in [-0.25, -0.2) is 17.6 Å². The molecule has 0 fully saturated rings. The van der Waals surface area contributed by atoms with Gasteiger partial charge in [0.1, 0.15) is 17.1 Å². The van der Waals surface area contributed by atoms with Crippen LogP contribution in [0, 0.1) is 0 Å². The molecule has 0 bridgehead atoms. The molecule has 1 N–H and O–H groups in total. The number of nitrogens with zero attached hydrogens (tertiary/aromatic N) is 2. The van der Waals surface area contributed by atoms with Gasteiger partial charge in [0.15, 0.2) is 17.3 Å². The smallest absolute Gasteiger partial charge is 0.387 e. The first-order valence-corrected chi connectivity index (χ1v) is 9.33. The molecule has 0 saturated carbocycles. The van der Waals surface area contributed by atoms with Crippen molar-refractivity contribution in [2.24, 2.45) is 0 Å². The third-order valence-corrected chi connectivity index (χ3v) is 4.59. The molecule has 0 unspecified atom stereocenters. The summed E-state index contributed by atoms with van der Waals surface area (Å²) in [7, 11) is 1.21. The zero-order valence-corrected chi connectivity index (χ0v) is 17.3. The second-order valence-corrected chi connectivity index (χ2v) is 6.69. The molecule has 2 heterocycles. The van der Waals surface area contributed by atoms with E-state index in [9.17, 15) is 31.1 Å². The maximum Gasteiger partial charge on any atom is 0.387 e. The molecule has 0 spiro atoms. The van der Waals surface area contributed by atoms with Crippen LogP contribution >= 0.6 is 11.6 Å². The van der Waals surface area contributed by atoms with Gasteiger partial charge in [-0.15, -0.1) is 0 Å². The van der Waals surface area contributed by atoms with Crippen molar-refractivity contribution in [3.8, 4) is 11.5 Å². The molecule has 1 amide bonds. The molecule has 0 radical (unpaired) electrons. The summed E-state index contributed by atoms with van der Waals surface area (Å²) >= 11 is 5.60. The summed E-state index contributed by atoms with van der Waals surface area (Å²) in [5.41, 5.74) is -1.76. The fraction of sp³-hybridized carbons (Fsp3) is 0.263. The van der Waals surface area contributed by atoms with E-state index in [4.69, 9.17) is 20.8 Å². The van der Waals surface area contributed by atoms with E-state index in [1.165, 1.54) is 31.4 Å². The van der Waals surface area contributed by atoms with Gasteiger partial charge < -0.3 is 19.2 Å². The molecule has 0 atom stereocenters. The molecule has 3 rings (SSSR count). The molecule has 1 aromatic carbocycles. The molecule has 3 aromatic rings. The lowest BCUT2D eigenvalue weighted by Crippen LogP contribution is -2.11. The SMILES string of the molecule is COc1cc(NC(=O)c2ccc(Cn3nc(C(F)F)c(Cl)c3C(F)F)o2)ccc1OC(F)F. The van der Waals surface area contributed by atoms with Crippen molar-refractivity contribution in [3.05, 3.63) is 58.3 Å². The number of carbonyl (C=O) groups is 1. The number of hydrogen-bond donors (Lipinski definition) is 1. The number of amides is 1. The average Bonchev–Trinajstić information content (AvgIpc) is 3.33. The van der Waals surface area contributed by atoms with Crippen LogP contribution in [0.1, 0.15) is 40.6 Å². The second-order valence-electron chi connectivity index (χ2n) is 6.31. The predicted octanol–water partition coefficient (Wildman–Crippen LogP) is 5.92. The minimum absolute atomic E-state index is 0.0414. The van der Waals surface area contributed by atoms with Gasteiger partial charge in [0.2, 0.25) is 0 Å². The normalized spacial score (nSPS) is 11.5. The lowest BCUT2D eigenvalue weighted by atomic mass is 10.2. The van der Waals surface area contributed by atoms with Gasteiger partial charge in [0, 0.05) is 11.8 Å². The maximum atomic E-state index is 13.3. The van der Waals surface area contributed by atoms with Gasteiger partial charge in [-0.1, -0.05) is 11.6 Å². The Labute approximate surface area is 186 Å². The Bertz CT molecular complexity index is 1130. The van der Waals surface area contributed by atoms with E-state index in [0.717, 1.165) is 6.07 Å². The second kappa shape index (κ2) is 10.1. The zero-order chi connectivity index (χ0) is 24.3. The molecule has 14 heteroatoms. The standard InChI is InChI=1S/C19H14ClF6N3O4/c1-31-12-6-8(2-4-10(12)33-19(25)26)27-18(30)11-5-3-9(32-11)7-29-15(17(23)24)13(20)14(28-29)16(21)22/h2-6,16-17,19H,7H2,1H3,(H,27,30). The molecule has 7 nitrogen and oxygen atoms in total. The quantitative estimate of drug-likeness (QED) is 0.372. The first kappa shape index (κ1) is 24.3. The van der Waals surface area contributed by atoms with Crippen LogP contribution in [-0.2, 0) is 6.54 Å². The van der Waals surface area contributed by atoms with E-state index in [1.54, 1.807) is 0 Å². The first-order valence-electron chi connectivity index (χ1n) is 8.96. The highest BCUT2D eigenvalue weighted by atomic mass is 35.5. The van der Waals surface area contributed by atoms with Gasteiger partial charge in [-0.05, 0) is 24.3 Å². The third-order valence-electron chi connectivity index (χ3n) is 4.20. The summed E-state index contributed by atoms with van der Waals surface area (Å²) in [5, 5.41) is 4.99. The molecular weight excluding hydrogens is 484 g/mol. The number of hydrogen-bond acceptors (Lipinski definition) is 5. The fourth-order valence-corrected chi connectivity index (χ4v) is 3.10. The fourth-order valence-electron chi connectivity index (χ4n) is 2.80. The number of methoxy groups -OCH3 is 1. The summed E-state index contributed by atoms with van der Waals surface area (Å²) in [6.07, 6.45) is -6.34. The summed E-state index contributed by atoms with van der Waals surface area (Å²) < 4.78 is 92.3. The van der Waals surface area contributed by atoms with Gasteiger partial charge in [-0.2, -0.15) is 13.9 Å². The van der Waals surface area contributed by atoms with Crippen LogP contribution in [0.2, 0.25) is 5.02 Å².